The summed E-state index contributed by atoms with van der Waals surface area (Å²) in [4.78, 5) is 11.7. The summed E-state index contributed by atoms with van der Waals surface area (Å²) in [5, 5.41) is 10.2. The smallest absolute Gasteiger partial charge is 0.314 e. The zero-order valence-corrected chi connectivity index (χ0v) is 9.95. The Bertz CT molecular complexity index is 217. The zero-order chi connectivity index (χ0) is 11.5. The number of hydrogen-bond acceptors (Lipinski definition) is 3. The van der Waals surface area contributed by atoms with Crippen molar-refractivity contribution in [2.45, 2.75) is 52.6 Å². The molecule has 0 spiro atoms. The van der Waals surface area contributed by atoms with E-state index < -0.39 is 11.5 Å². The SMILES string of the molecule is CCOC(=O)C(C)(C)C(O)C1CCCC1. The summed E-state index contributed by atoms with van der Waals surface area (Å²) in [5.41, 5.74) is -0.773. The molecule has 0 aromatic heterocycles. The Balaban J connectivity index is 2.62. The van der Waals surface area contributed by atoms with Crippen molar-refractivity contribution in [1.29, 1.82) is 0 Å². The monoisotopic (exact) mass is 214 g/mol. The molecule has 0 aromatic rings. The molecule has 88 valence electrons. The summed E-state index contributed by atoms with van der Waals surface area (Å²) in [6.07, 6.45) is 3.83. The Kier molecular flexibility index (Phi) is 4.14. The number of carbonyl (C=O) groups excluding carboxylic acids is 1. The first-order chi connectivity index (χ1) is 7.00. The van der Waals surface area contributed by atoms with Gasteiger partial charge in [0.15, 0.2) is 0 Å². The van der Waals surface area contributed by atoms with E-state index in [1.807, 2.05) is 0 Å². The normalized spacial score (nSPS) is 20.3. The highest BCUT2D eigenvalue weighted by atomic mass is 16.5. The molecule has 1 fully saturated rings. The van der Waals surface area contributed by atoms with E-state index in [9.17, 15) is 9.90 Å². The third-order valence-electron chi connectivity index (χ3n) is 3.39. The zero-order valence-electron chi connectivity index (χ0n) is 9.95. The van der Waals surface area contributed by atoms with Gasteiger partial charge < -0.3 is 9.84 Å². The van der Waals surface area contributed by atoms with E-state index in [0.29, 0.717) is 6.61 Å². The van der Waals surface area contributed by atoms with Gasteiger partial charge in [-0.25, -0.2) is 0 Å². The molecule has 0 radical (unpaired) electrons. The maximum absolute atomic E-state index is 11.7. The van der Waals surface area contributed by atoms with Crippen LogP contribution in [0.25, 0.3) is 0 Å². The molecule has 1 N–H and O–H groups in total. The van der Waals surface area contributed by atoms with Crippen LogP contribution in [0.4, 0.5) is 0 Å². The molecular weight excluding hydrogens is 192 g/mol. The molecule has 0 saturated heterocycles. The van der Waals surface area contributed by atoms with Gasteiger partial charge in [0.2, 0.25) is 0 Å². The van der Waals surface area contributed by atoms with Crippen LogP contribution in [0.2, 0.25) is 0 Å². The predicted molar refractivity (Wildman–Crippen MR) is 58.4 cm³/mol. The summed E-state index contributed by atoms with van der Waals surface area (Å²) >= 11 is 0. The molecule has 1 unspecified atom stereocenters. The Morgan fingerprint density at radius 1 is 1.47 bits per heavy atom. The molecule has 1 aliphatic carbocycles. The van der Waals surface area contributed by atoms with Crippen molar-refractivity contribution < 1.29 is 14.6 Å². The van der Waals surface area contributed by atoms with Gasteiger partial charge >= 0.3 is 5.97 Å². The second-order valence-electron chi connectivity index (χ2n) is 4.93. The van der Waals surface area contributed by atoms with Crippen LogP contribution in [0.5, 0.6) is 0 Å². The minimum atomic E-state index is -0.773. The van der Waals surface area contributed by atoms with Crippen molar-refractivity contribution in [3.05, 3.63) is 0 Å². The van der Waals surface area contributed by atoms with Crippen molar-refractivity contribution in [3.8, 4) is 0 Å². The Morgan fingerprint density at radius 2 is 2.00 bits per heavy atom. The van der Waals surface area contributed by atoms with Crippen molar-refractivity contribution in [3.63, 3.8) is 0 Å². The maximum atomic E-state index is 11.7. The third kappa shape index (κ3) is 2.71. The van der Waals surface area contributed by atoms with Gasteiger partial charge in [-0.15, -0.1) is 0 Å². The quantitative estimate of drug-likeness (QED) is 0.729. The largest absolute Gasteiger partial charge is 0.466 e. The van der Waals surface area contributed by atoms with Crippen LogP contribution in [-0.4, -0.2) is 23.8 Å². The molecule has 1 atom stereocenters. The summed E-state index contributed by atoms with van der Waals surface area (Å²) in [6.45, 7) is 5.71. The number of carbonyl (C=O) groups is 1. The molecule has 15 heavy (non-hydrogen) atoms. The molecule has 3 heteroatoms. The van der Waals surface area contributed by atoms with Crippen LogP contribution in [0, 0.1) is 11.3 Å². The van der Waals surface area contributed by atoms with Gasteiger partial charge in [-0.2, -0.15) is 0 Å². The highest BCUT2D eigenvalue weighted by molar-refractivity contribution is 5.76. The first-order valence-electron chi connectivity index (χ1n) is 5.85. The van der Waals surface area contributed by atoms with Crippen LogP contribution in [0.15, 0.2) is 0 Å². The average Bonchev–Trinajstić information content (AvgIpc) is 2.69. The summed E-state index contributed by atoms with van der Waals surface area (Å²) < 4.78 is 4.99. The lowest BCUT2D eigenvalue weighted by molar-refractivity contribution is -0.162. The molecule has 0 aliphatic heterocycles. The molecule has 0 bridgehead atoms. The number of aliphatic hydroxyl groups is 1. The van der Waals surface area contributed by atoms with E-state index in [2.05, 4.69) is 0 Å². The maximum Gasteiger partial charge on any atom is 0.314 e. The van der Waals surface area contributed by atoms with Crippen molar-refractivity contribution >= 4 is 5.97 Å². The van der Waals surface area contributed by atoms with Crippen LogP contribution >= 0.6 is 0 Å². The van der Waals surface area contributed by atoms with Crippen LogP contribution < -0.4 is 0 Å². The molecule has 0 amide bonds. The minimum absolute atomic E-state index is 0.268. The van der Waals surface area contributed by atoms with E-state index in [4.69, 9.17) is 4.74 Å². The van der Waals surface area contributed by atoms with Gasteiger partial charge in [-0.05, 0) is 39.5 Å². The number of rotatable bonds is 4. The van der Waals surface area contributed by atoms with Gasteiger partial charge in [0.25, 0.3) is 0 Å². The Labute approximate surface area is 91.8 Å². The summed E-state index contributed by atoms with van der Waals surface area (Å²) in [5.74, 6) is -0.0196. The number of hydrogen-bond donors (Lipinski definition) is 1. The van der Waals surface area contributed by atoms with Gasteiger partial charge in [-0.3, -0.25) is 4.79 Å². The second-order valence-corrected chi connectivity index (χ2v) is 4.93. The molecule has 1 saturated carbocycles. The Morgan fingerprint density at radius 3 is 2.47 bits per heavy atom. The summed E-state index contributed by atoms with van der Waals surface area (Å²) in [6, 6.07) is 0. The lowest BCUT2D eigenvalue weighted by Gasteiger charge is -2.32. The molecule has 1 rings (SSSR count). The number of esters is 1. The molecule has 0 heterocycles. The molecule has 3 nitrogen and oxygen atoms in total. The standard InChI is InChI=1S/C12H22O3/c1-4-15-11(14)12(2,3)10(13)9-7-5-6-8-9/h9-10,13H,4-8H2,1-3H3. The van der Waals surface area contributed by atoms with Gasteiger partial charge in [0, 0.05) is 0 Å². The van der Waals surface area contributed by atoms with Gasteiger partial charge in [0.1, 0.15) is 0 Å². The van der Waals surface area contributed by atoms with E-state index >= 15 is 0 Å². The number of ether oxygens (including phenoxy) is 1. The van der Waals surface area contributed by atoms with E-state index in [1.165, 1.54) is 12.8 Å². The van der Waals surface area contributed by atoms with Crippen molar-refractivity contribution in [2.24, 2.45) is 11.3 Å². The van der Waals surface area contributed by atoms with Gasteiger partial charge in [-0.1, -0.05) is 12.8 Å². The van der Waals surface area contributed by atoms with E-state index in [1.54, 1.807) is 20.8 Å². The molecular formula is C12H22O3. The highest BCUT2D eigenvalue weighted by Crippen LogP contribution is 2.36. The first-order valence-corrected chi connectivity index (χ1v) is 5.85. The van der Waals surface area contributed by atoms with Crippen LogP contribution in [0.3, 0.4) is 0 Å². The average molecular weight is 214 g/mol. The fraction of sp³-hybridized carbons (Fsp3) is 0.917. The van der Waals surface area contributed by atoms with E-state index in [-0.39, 0.29) is 11.9 Å². The fourth-order valence-electron chi connectivity index (χ4n) is 2.30. The van der Waals surface area contributed by atoms with Crippen molar-refractivity contribution in [2.75, 3.05) is 6.61 Å². The highest BCUT2D eigenvalue weighted by Gasteiger charge is 2.42. The van der Waals surface area contributed by atoms with E-state index in [0.717, 1.165) is 12.8 Å². The lowest BCUT2D eigenvalue weighted by atomic mass is 9.79. The second kappa shape index (κ2) is 4.97. The fourth-order valence-corrected chi connectivity index (χ4v) is 2.30. The van der Waals surface area contributed by atoms with Crippen LogP contribution in [-0.2, 0) is 9.53 Å². The van der Waals surface area contributed by atoms with Crippen molar-refractivity contribution in [1.82, 2.24) is 0 Å². The van der Waals surface area contributed by atoms with Crippen LogP contribution in [0.1, 0.15) is 46.5 Å². The summed E-state index contributed by atoms with van der Waals surface area (Å²) in [7, 11) is 0. The minimum Gasteiger partial charge on any atom is -0.466 e. The molecule has 0 aromatic carbocycles. The molecule has 1 aliphatic rings. The predicted octanol–water partition coefficient (Wildman–Crippen LogP) is 2.13. The topological polar surface area (TPSA) is 46.5 Å². The first kappa shape index (κ1) is 12.5. The number of aliphatic hydroxyl groups excluding tert-OH is 1. The van der Waals surface area contributed by atoms with Gasteiger partial charge in [0.05, 0.1) is 18.1 Å². The Hall–Kier alpha value is -0.570. The third-order valence-corrected chi connectivity index (χ3v) is 3.39. The lowest BCUT2D eigenvalue weighted by Crippen LogP contribution is -2.42.